The van der Waals surface area contributed by atoms with Crippen molar-refractivity contribution >= 4 is 33.7 Å². The van der Waals surface area contributed by atoms with Gasteiger partial charge in [-0.2, -0.15) is 0 Å². The van der Waals surface area contributed by atoms with Crippen LogP contribution in [0.3, 0.4) is 0 Å². The molecule has 158 valence electrons. The first-order chi connectivity index (χ1) is 14.4. The zero-order chi connectivity index (χ0) is 21.5. The van der Waals surface area contributed by atoms with Gasteiger partial charge in [-0.25, -0.2) is 0 Å². The lowest BCUT2D eigenvalue weighted by molar-refractivity contribution is -0.126. The highest BCUT2D eigenvalue weighted by Gasteiger charge is 2.27. The highest BCUT2D eigenvalue weighted by molar-refractivity contribution is 9.10. The van der Waals surface area contributed by atoms with Crippen LogP contribution in [0.4, 0.5) is 0 Å². The number of nitrogens with one attached hydrogen (secondary N) is 2. The smallest absolute Gasteiger partial charge is 0.253 e. The van der Waals surface area contributed by atoms with Crippen LogP contribution in [0.15, 0.2) is 53.0 Å². The van der Waals surface area contributed by atoms with E-state index in [2.05, 4.69) is 26.6 Å². The highest BCUT2D eigenvalue weighted by atomic mass is 79.9. The van der Waals surface area contributed by atoms with Crippen LogP contribution in [0, 0.1) is 5.92 Å². The molecule has 0 radical (unpaired) electrons. The number of halogens is 1. The summed E-state index contributed by atoms with van der Waals surface area (Å²) in [7, 11) is 0. The second kappa shape index (κ2) is 10.2. The number of carbonyl (C=O) groups is 3. The van der Waals surface area contributed by atoms with E-state index in [0.717, 1.165) is 4.47 Å². The minimum absolute atomic E-state index is 0.0155. The Kier molecular flexibility index (Phi) is 7.46. The van der Waals surface area contributed by atoms with Crippen molar-refractivity contribution in [3.8, 4) is 5.75 Å². The van der Waals surface area contributed by atoms with Gasteiger partial charge in [-0.1, -0.05) is 15.9 Å². The second-order valence-electron chi connectivity index (χ2n) is 7.17. The second-order valence-corrected chi connectivity index (χ2v) is 8.08. The first-order valence-electron chi connectivity index (χ1n) is 9.84. The van der Waals surface area contributed by atoms with Gasteiger partial charge in [0.05, 0.1) is 0 Å². The third-order valence-corrected chi connectivity index (χ3v) is 5.61. The molecule has 3 rings (SSSR count). The number of carbonyl (C=O) groups excluding carboxylic acids is 3. The van der Waals surface area contributed by atoms with Gasteiger partial charge in [-0.05, 0) is 61.4 Å². The van der Waals surface area contributed by atoms with Crippen molar-refractivity contribution in [2.75, 3.05) is 26.2 Å². The van der Waals surface area contributed by atoms with E-state index >= 15 is 0 Å². The number of phenols is 1. The summed E-state index contributed by atoms with van der Waals surface area (Å²) in [6.45, 7) is 1.74. The Labute approximate surface area is 183 Å². The van der Waals surface area contributed by atoms with Crippen LogP contribution < -0.4 is 10.6 Å². The van der Waals surface area contributed by atoms with Gasteiger partial charge in [0.1, 0.15) is 5.75 Å². The van der Waals surface area contributed by atoms with Crippen molar-refractivity contribution in [3.63, 3.8) is 0 Å². The zero-order valence-corrected chi connectivity index (χ0v) is 18.0. The summed E-state index contributed by atoms with van der Waals surface area (Å²) < 4.78 is 0.925. The molecule has 0 aromatic heterocycles. The number of phenolic OH excluding ortho intramolecular Hbond substituents is 1. The lowest BCUT2D eigenvalue weighted by Gasteiger charge is -2.31. The van der Waals surface area contributed by atoms with Crippen molar-refractivity contribution < 1.29 is 19.5 Å². The number of hydrogen-bond acceptors (Lipinski definition) is 4. The zero-order valence-electron chi connectivity index (χ0n) is 16.4. The molecular weight excluding hydrogens is 450 g/mol. The van der Waals surface area contributed by atoms with Crippen molar-refractivity contribution in [2.24, 2.45) is 5.92 Å². The molecule has 30 heavy (non-hydrogen) atoms. The third kappa shape index (κ3) is 5.82. The van der Waals surface area contributed by atoms with E-state index in [1.54, 1.807) is 17.0 Å². The summed E-state index contributed by atoms with van der Waals surface area (Å²) >= 11 is 3.36. The topological polar surface area (TPSA) is 98.7 Å². The fraction of sp³-hybridized carbons (Fsp3) is 0.318. The van der Waals surface area contributed by atoms with Gasteiger partial charge in [0.25, 0.3) is 11.8 Å². The molecule has 0 saturated carbocycles. The number of rotatable bonds is 6. The Morgan fingerprint density at radius 1 is 0.900 bits per heavy atom. The molecule has 3 amide bonds. The molecule has 1 aliphatic rings. The first-order valence-corrected chi connectivity index (χ1v) is 10.6. The summed E-state index contributed by atoms with van der Waals surface area (Å²) in [6.07, 6.45) is 1.24. The van der Waals surface area contributed by atoms with Gasteiger partial charge in [0, 0.05) is 47.7 Å². The normalized spacial score (nSPS) is 14.2. The van der Waals surface area contributed by atoms with Gasteiger partial charge >= 0.3 is 0 Å². The average Bonchev–Trinajstić information content (AvgIpc) is 2.77. The van der Waals surface area contributed by atoms with E-state index in [4.69, 9.17) is 0 Å². The fourth-order valence-corrected chi connectivity index (χ4v) is 3.61. The monoisotopic (exact) mass is 473 g/mol. The van der Waals surface area contributed by atoms with Gasteiger partial charge in [-0.3, -0.25) is 14.4 Å². The first kappa shape index (κ1) is 21.8. The molecular formula is C22H24BrN3O4. The van der Waals surface area contributed by atoms with E-state index in [0.29, 0.717) is 50.1 Å². The lowest BCUT2D eigenvalue weighted by atomic mass is 9.95. The Morgan fingerprint density at radius 2 is 1.47 bits per heavy atom. The molecule has 1 saturated heterocycles. The Hall–Kier alpha value is -2.87. The Morgan fingerprint density at radius 3 is 2.10 bits per heavy atom. The van der Waals surface area contributed by atoms with Crippen LogP contribution in [0.5, 0.6) is 5.75 Å². The summed E-state index contributed by atoms with van der Waals surface area (Å²) in [4.78, 5) is 38.7. The van der Waals surface area contributed by atoms with Crippen LogP contribution in [0.1, 0.15) is 33.6 Å². The van der Waals surface area contributed by atoms with Crippen molar-refractivity contribution in [1.29, 1.82) is 0 Å². The molecule has 2 aromatic rings. The number of benzene rings is 2. The van der Waals surface area contributed by atoms with Gasteiger partial charge in [0.2, 0.25) is 5.91 Å². The quantitative estimate of drug-likeness (QED) is 0.561. The summed E-state index contributed by atoms with van der Waals surface area (Å²) in [5, 5.41) is 14.8. The minimum Gasteiger partial charge on any atom is -0.508 e. The largest absolute Gasteiger partial charge is 0.508 e. The number of piperidine rings is 1. The van der Waals surface area contributed by atoms with Crippen LogP contribution >= 0.6 is 15.9 Å². The van der Waals surface area contributed by atoms with Crippen LogP contribution in [-0.2, 0) is 4.79 Å². The molecule has 0 unspecified atom stereocenters. The van der Waals surface area contributed by atoms with Crippen molar-refractivity contribution in [3.05, 3.63) is 64.1 Å². The molecule has 1 heterocycles. The number of aromatic hydroxyl groups is 1. The Balaban J connectivity index is 1.37. The van der Waals surface area contributed by atoms with Crippen LogP contribution in [0.25, 0.3) is 0 Å². The van der Waals surface area contributed by atoms with Gasteiger partial charge in [0.15, 0.2) is 0 Å². The summed E-state index contributed by atoms with van der Waals surface area (Å²) in [6, 6.07) is 13.2. The van der Waals surface area contributed by atoms with Gasteiger partial charge in [-0.15, -0.1) is 0 Å². The fourth-order valence-electron chi connectivity index (χ4n) is 3.34. The van der Waals surface area contributed by atoms with E-state index in [-0.39, 0.29) is 29.4 Å². The molecule has 0 spiro atoms. The molecule has 1 fully saturated rings. The summed E-state index contributed by atoms with van der Waals surface area (Å²) in [5.74, 6) is -0.359. The predicted octanol–water partition coefficient (Wildman–Crippen LogP) is 2.55. The van der Waals surface area contributed by atoms with E-state index in [1.807, 2.05) is 12.1 Å². The number of nitrogens with zero attached hydrogens (tertiary/aromatic N) is 1. The molecule has 8 heteroatoms. The van der Waals surface area contributed by atoms with Gasteiger partial charge < -0.3 is 20.6 Å². The molecule has 3 N–H and O–H groups in total. The maximum absolute atomic E-state index is 12.6. The van der Waals surface area contributed by atoms with Crippen molar-refractivity contribution in [1.82, 2.24) is 15.5 Å². The van der Waals surface area contributed by atoms with E-state index < -0.39 is 0 Å². The number of hydrogen-bond donors (Lipinski definition) is 3. The van der Waals surface area contributed by atoms with E-state index in [9.17, 15) is 19.5 Å². The van der Waals surface area contributed by atoms with Crippen LogP contribution in [-0.4, -0.2) is 53.9 Å². The molecule has 7 nitrogen and oxygen atoms in total. The predicted molar refractivity (Wildman–Crippen MR) is 116 cm³/mol. The van der Waals surface area contributed by atoms with E-state index in [1.165, 1.54) is 24.3 Å². The lowest BCUT2D eigenvalue weighted by Crippen LogP contribution is -2.44. The standard InChI is InChI=1S/C22H24BrN3O4/c23-18-5-1-17(2-6-18)22(30)26-13-9-16(10-14-26)21(29)25-12-11-24-20(28)15-3-7-19(27)8-4-15/h1-8,16,27H,9-14H2,(H,24,28)(H,25,29). The molecule has 0 atom stereocenters. The average molecular weight is 474 g/mol. The highest BCUT2D eigenvalue weighted by Crippen LogP contribution is 2.20. The minimum atomic E-state index is -0.260. The summed E-state index contributed by atoms with van der Waals surface area (Å²) in [5.41, 5.74) is 1.09. The molecule has 0 aliphatic carbocycles. The molecule has 0 bridgehead atoms. The maximum atomic E-state index is 12.6. The third-order valence-electron chi connectivity index (χ3n) is 5.08. The SMILES string of the molecule is O=C(NCCNC(=O)C1CCN(C(=O)c2ccc(Br)cc2)CC1)c1ccc(O)cc1. The Bertz CT molecular complexity index is 892. The van der Waals surface area contributed by atoms with Crippen LogP contribution in [0.2, 0.25) is 0 Å². The molecule has 1 aliphatic heterocycles. The molecule has 2 aromatic carbocycles. The van der Waals surface area contributed by atoms with Crippen molar-refractivity contribution in [2.45, 2.75) is 12.8 Å². The number of likely N-dealkylation sites (tertiary alicyclic amines) is 1. The maximum Gasteiger partial charge on any atom is 0.253 e. The number of amides is 3.